The molecule has 2 rings (SSSR count). The van der Waals surface area contributed by atoms with Gasteiger partial charge in [-0.3, -0.25) is 4.79 Å². The third-order valence-electron chi connectivity index (χ3n) is 4.03. The van der Waals surface area contributed by atoms with E-state index in [9.17, 15) is 14.9 Å². The standard InChI is InChI=1S/C18H22N4O4/c1-13-4-5-16(25-2)15(10-13)20-17(23)14(11-19)12-21-6-8-22(9-7-21)18(24)26-3/h4-5,10,12H,6-9H2,1-3H3,(H,20,23)/b14-12-. The highest BCUT2D eigenvalue weighted by Crippen LogP contribution is 2.25. The number of carbonyl (C=O) groups excluding carboxylic acids is 2. The molecule has 1 aromatic carbocycles. The smallest absolute Gasteiger partial charge is 0.409 e. The number of benzene rings is 1. The van der Waals surface area contributed by atoms with E-state index in [0.29, 0.717) is 37.6 Å². The lowest BCUT2D eigenvalue weighted by Crippen LogP contribution is -2.47. The maximum Gasteiger partial charge on any atom is 0.409 e. The van der Waals surface area contributed by atoms with Crippen LogP contribution in [-0.4, -0.2) is 62.2 Å². The van der Waals surface area contributed by atoms with E-state index in [1.807, 2.05) is 24.0 Å². The van der Waals surface area contributed by atoms with Gasteiger partial charge in [0.1, 0.15) is 17.4 Å². The number of anilines is 1. The Hall–Kier alpha value is -3.21. The number of hydrogen-bond donors (Lipinski definition) is 1. The Labute approximate surface area is 152 Å². The molecule has 138 valence electrons. The summed E-state index contributed by atoms with van der Waals surface area (Å²) in [6.07, 6.45) is 1.14. The van der Waals surface area contributed by atoms with Crippen LogP contribution < -0.4 is 10.1 Å². The summed E-state index contributed by atoms with van der Waals surface area (Å²) in [5, 5.41) is 12.1. The molecule has 0 aliphatic carbocycles. The summed E-state index contributed by atoms with van der Waals surface area (Å²) in [5.74, 6) is 0.0136. The van der Waals surface area contributed by atoms with Gasteiger partial charge in [0.25, 0.3) is 5.91 Å². The molecule has 1 saturated heterocycles. The van der Waals surface area contributed by atoms with Crippen molar-refractivity contribution in [3.05, 3.63) is 35.5 Å². The van der Waals surface area contributed by atoms with Crippen LogP contribution in [0, 0.1) is 18.3 Å². The first-order valence-corrected chi connectivity index (χ1v) is 8.13. The summed E-state index contributed by atoms with van der Waals surface area (Å²) >= 11 is 0. The van der Waals surface area contributed by atoms with Crippen molar-refractivity contribution >= 4 is 17.7 Å². The predicted octanol–water partition coefficient (Wildman–Crippen LogP) is 1.73. The van der Waals surface area contributed by atoms with Gasteiger partial charge in [-0.05, 0) is 24.6 Å². The molecule has 1 aliphatic heterocycles. The third-order valence-corrected chi connectivity index (χ3v) is 4.03. The van der Waals surface area contributed by atoms with Crippen molar-refractivity contribution in [2.75, 3.05) is 45.7 Å². The van der Waals surface area contributed by atoms with Crippen LogP contribution in [0.2, 0.25) is 0 Å². The van der Waals surface area contributed by atoms with E-state index in [1.165, 1.54) is 20.4 Å². The number of methoxy groups -OCH3 is 2. The van der Waals surface area contributed by atoms with Crippen molar-refractivity contribution in [2.45, 2.75) is 6.92 Å². The first kappa shape index (κ1) is 19.1. The highest BCUT2D eigenvalue weighted by Gasteiger charge is 2.21. The molecule has 0 spiro atoms. The van der Waals surface area contributed by atoms with Gasteiger partial charge >= 0.3 is 6.09 Å². The molecule has 0 saturated carbocycles. The molecule has 8 heteroatoms. The second-order valence-electron chi connectivity index (χ2n) is 5.81. The lowest BCUT2D eigenvalue weighted by molar-refractivity contribution is -0.112. The number of piperazine rings is 1. The Balaban J connectivity index is 2.05. The summed E-state index contributed by atoms with van der Waals surface area (Å²) < 4.78 is 9.92. The average Bonchev–Trinajstić information content (AvgIpc) is 2.66. The summed E-state index contributed by atoms with van der Waals surface area (Å²) in [5.41, 5.74) is 1.46. The lowest BCUT2D eigenvalue weighted by Gasteiger charge is -2.33. The molecule has 1 aromatic rings. The molecule has 0 bridgehead atoms. The number of ether oxygens (including phenoxy) is 2. The van der Waals surface area contributed by atoms with Crippen LogP contribution >= 0.6 is 0 Å². The van der Waals surface area contributed by atoms with Crippen molar-refractivity contribution in [3.63, 3.8) is 0 Å². The number of aryl methyl sites for hydroxylation is 1. The van der Waals surface area contributed by atoms with Gasteiger partial charge in [0.15, 0.2) is 0 Å². The third kappa shape index (κ3) is 4.66. The zero-order valence-electron chi connectivity index (χ0n) is 15.1. The number of rotatable bonds is 4. The van der Waals surface area contributed by atoms with Gasteiger partial charge in [0.05, 0.1) is 19.9 Å². The first-order valence-electron chi connectivity index (χ1n) is 8.13. The second kappa shape index (κ2) is 8.76. The Morgan fingerprint density at radius 3 is 2.50 bits per heavy atom. The van der Waals surface area contributed by atoms with Gasteiger partial charge in [0.2, 0.25) is 0 Å². The predicted molar refractivity (Wildman–Crippen MR) is 95.6 cm³/mol. The Morgan fingerprint density at radius 1 is 1.23 bits per heavy atom. The summed E-state index contributed by atoms with van der Waals surface area (Å²) in [7, 11) is 2.86. The van der Waals surface area contributed by atoms with Gasteiger partial charge in [-0.15, -0.1) is 0 Å². The molecule has 2 amide bonds. The Morgan fingerprint density at radius 2 is 1.92 bits per heavy atom. The average molecular weight is 358 g/mol. The van der Waals surface area contributed by atoms with Crippen molar-refractivity contribution in [2.24, 2.45) is 0 Å². The Bertz CT molecular complexity index is 746. The van der Waals surface area contributed by atoms with Crippen molar-refractivity contribution in [1.29, 1.82) is 5.26 Å². The van der Waals surface area contributed by atoms with Crippen LogP contribution in [0.25, 0.3) is 0 Å². The van der Waals surface area contributed by atoms with Crippen molar-refractivity contribution < 1.29 is 19.1 Å². The van der Waals surface area contributed by atoms with Gasteiger partial charge < -0.3 is 24.6 Å². The fourth-order valence-electron chi connectivity index (χ4n) is 2.59. The molecule has 1 heterocycles. The minimum Gasteiger partial charge on any atom is -0.495 e. The van der Waals surface area contributed by atoms with Gasteiger partial charge in [-0.1, -0.05) is 6.07 Å². The topological polar surface area (TPSA) is 94.9 Å². The van der Waals surface area contributed by atoms with Crippen LogP contribution in [0.3, 0.4) is 0 Å². The van der Waals surface area contributed by atoms with Crippen molar-refractivity contribution in [3.8, 4) is 11.8 Å². The molecule has 0 atom stereocenters. The largest absolute Gasteiger partial charge is 0.495 e. The van der Waals surface area contributed by atoms with Gasteiger partial charge in [-0.2, -0.15) is 5.26 Å². The van der Waals surface area contributed by atoms with Crippen LogP contribution in [0.15, 0.2) is 30.0 Å². The number of nitriles is 1. The molecular formula is C18H22N4O4. The minimum atomic E-state index is -0.508. The van der Waals surface area contributed by atoms with E-state index in [1.54, 1.807) is 17.0 Å². The first-order chi connectivity index (χ1) is 12.5. The zero-order valence-corrected chi connectivity index (χ0v) is 15.1. The number of nitrogens with zero attached hydrogens (tertiary/aromatic N) is 3. The van der Waals surface area contributed by atoms with Crippen LogP contribution in [-0.2, 0) is 9.53 Å². The van der Waals surface area contributed by atoms with E-state index >= 15 is 0 Å². The summed E-state index contributed by atoms with van der Waals surface area (Å²) in [6, 6.07) is 7.33. The quantitative estimate of drug-likeness (QED) is 0.651. The fraction of sp³-hybridized carbons (Fsp3) is 0.389. The highest BCUT2D eigenvalue weighted by atomic mass is 16.5. The van der Waals surface area contributed by atoms with E-state index in [4.69, 9.17) is 4.74 Å². The summed E-state index contributed by atoms with van der Waals surface area (Å²) in [4.78, 5) is 27.4. The van der Waals surface area contributed by atoms with Gasteiger partial charge in [-0.25, -0.2) is 4.79 Å². The van der Waals surface area contributed by atoms with E-state index in [-0.39, 0.29) is 11.7 Å². The van der Waals surface area contributed by atoms with Crippen LogP contribution in [0.4, 0.5) is 10.5 Å². The van der Waals surface area contributed by atoms with E-state index < -0.39 is 5.91 Å². The number of amides is 2. The molecule has 0 radical (unpaired) electrons. The molecule has 0 aromatic heterocycles. The number of carbonyl (C=O) groups is 2. The highest BCUT2D eigenvalue weighted by molar-refractivity contribution is 6.07. The van der Waals surface area contributed by atoms with E-state index in [0.717, 1.165) is 5.56 Å². The number of hydrogen-bond acceptors (Lipinski definition) is 6. The van der Waals surface area contributed by atoms with Crippen molar-refractivity contribution in [1.82, 2.24) is 9.80 Å². The maximum atomic E-state index is 12.4. The molecule has 1 aliphatic rings. The minimum absolute atomic E-state index is 0.0138. The Kier molecular flexibility index (Phi) is 6.44. The molecule has 8 nitrogen and oxygen atoms in total. The monoisotopic (exact) mass is 358 g/mol. The molecular weight excluding hydrogens is 336 g/mol. The molecule has 26 heavy (non-hydrogen) atoms. The summed E-state index contributed by atoms with van der Waals surface area (Å²) in [6.45, 7) is 3.87. The SMILES string of the molecule is COC(=O)N1CCN(/C=C(/C#N)C(=O)Nc2cc(C)ccc2OC)CC1. The van der Waals surface area contributed by atoms with Gasteiger partial charge in [0, 0.05) is 32.4 Å². The van der Waals surface area contributed by atoms with Crippen LogP contribution in [0.5, 0.6) is 5.75 Å². The maximum absolute atomic E-state index is 12.4. The second-order valence-corrected chi connectivity index (χ2v) is 5.81. The number of nitrogens with one attached hydrogen (secondary N) is 1. The normalized spacial score (nSPS) is 14.5. The molecule has 0 unspecified atom stereocenters. The molecule has 1 fully saturated rings. The zero-order chi connectivity index (χ0) is 19.1. The fourth-order valence-corrected chi connectivity index (χ4v) is 2.59. The van der Waals surface area contributed by atoms with E-state index in [2.05, 4.69) is 10.1 Å². The lowest BCUT2D eigenvalue weighted by atomic mass is 10.2. The molecule has 1 N–H and O–H groups in total. The van der Waals surface area contributed by atoms with Crippen LogP contribution in [0.1, 0.15) is 5.56 Å².